The molecule has 2 heterocycles. The van der Waals surface area contributed by atoms with E-state index in [0.717, 1.165) is 30.1 Å². The van der Waals surface area contributed by atoms with Crippen molar-refractivity contribution in [2.24, 2.45) is 5.73 Å². The first-order chi connectivity index (χ1) is 8.06. The van der Waals surface area contributed by atoms with Gasteiger partial charge in [-0.3, -0.25) is 0 Å². The lowest BCUT2D eigenvalue weighted by atomic mass is 10.1. The molecule has 4 nitrogen and oxygen atoms in total. The van der Waals surface area contributed by atoms with Gasteiger partial charge in [0.15, 0.2) is 0 Å². The molecule has 0 spiro atoms. The predicted octanol–water partition coefficient (Wildman–Crippen LogP) is 1.61. The third-order valence-electron chi connectivity index (χ3n) is 2.95. The highest BCUT2D eigenvalue weighted by Crippen LogP contribution is 2.19. The number of thiocarbonyl (C=S) groups is 1. The number of rotatable bonds is 3. The zero-order valence-corrected chi connectivity index (χ0v) is 10.9. The highest BCUT2D eigenvalue weighted by Gasteiger charge is 2.24. The van der Waals surface area contributed by atoms with Crippen LogP contribution in [0.5, 0.6) is 0 Å². The number of anilines is 1. The number of hydrogen-bond acceptors (Lipinski definition) is 4. The first-order valence-corrected chi connectivity index (χ1v) is 6.13. The van der Waals surface area contributed by atoms with E-state index in [1.807, 2.05) is 19.1 Å². The Morgan fingerprint density at radius 1 is 1.59 bits per heavy atom. The minimum atomic E-state index is 0.214. The number of hydrogen-bond donors (Lipinski definition) is 2. The number of nitrogens with one attached hydrogen (secondary N) is 1. The SMILES string of the molecule is Cc1cc(C(N)=S)cc(NC2CCOC2C)n1. The Labute approximate surface area is 107 Å². The fraction of sp³-hybridized carbons (Fsp3) is 0.500. The Bertz CT molecular complexity index is 436. The van der Waals surface area contributed by atoms with E-state index in [4.69, 9.17) is 22.7 Å². The van der Waals surface area contributed by atoms with Crippen molar-refractivity contribution in [3.63, 3.8) is 0 Å². The third-order valence-corrected chi connectivity index (χ3v) is 3.18. The zero-order chi connectivity index (χ0) is 12.4. The van der Waals surface area contributed by atoms with Gasteiger partial charge < -0.3 is 15.8 Å². The second-order valence-corrected chi connectivity index (χ2v) is 4.80. The molecule has 0 saturated carbocycles. The van der Waals surface area contributed by atoms with Gasteiger partial charge >= 0.3 is 0 Å². The van der Waals surface area contributed by atoms with Gasteiger partial charge in [0.2, 0.25) is 0 Å². The minimum Gasteiger partial charge on any atom is -0.389 e. The highest BCUT2D eigenvalue weighted by atomic mass is 32.1. The fourth-order valence-corrected chi connectivity index (χ4v) is 2.11. The summed E-state index contributed by atoms with van der Waals surface area (Å²) in [6, 6.07) is 4.09. The van der Waals surface area contributed by atoms with E-state index >= 15 is 0 Å². The highest BCUT2D eigenvalue weighted by molar-refractivity contribution is 7.80. The van der Waals surface area contributed by atoms with Crippen LogP contribution in [0.15, 0.2) is 12.1 Å². The predicted molar refractivity (Wildman–Crippen MR) is 72.3 cm³/mol. The molecule has 1 fully saturated rings. The Hall–Kier alpha value is -1.20. The Morgan fingerprint density at radius 2 is 2.35 bits per heavy atom. The van der Waals surface area contributed by atoms with Crippen molar-refractivity contribution < 1.29 is 4.74 Å². The van der Waals surface area contributed by atoms with Crippen molar-refractivity contribution in [3.05, 3.63) is 23.4 Å². The molecule has 0 aliphatic carbocycles. The molecule has 5 heteroatoms. The van der Waals surface area contributed by atoms with Crippen molar-refractivity contribution in [1.29, 1.82) is 0 Å². The second-order valence-electron chi connectivity index (χ2n) is 4.36. The van der Waals surface area contributed by atoms with Gasteiger partial charge in [-0.25, -0.2) is 4.98 Å². The van der Waals surface area contributed by atoms with E-state index in [-0.39, 0.29) is 6.10 Å². The lowest BCUT2D eigenvalue weighted by Crippen LogP contribution is -2.27. The smallest absolute Gasteiger partial charge is 0.127 e. The minimum absolute atomic E-state index is 0.214. The van der Waals surface area contributed by atoms with Gasteiger partial charge in [-0.2, -0.15) is 0 Å². The molecule has 2 unspecified atom stereocenters. The quantitative estimate of drug-likeness (QED) is 0.799. The van der Waals surface area contributed by atoms with Gasteiger partial charge in [-0.15, -0.1) is 0 Å². The summed E-state index contributed by atoms with van der Waals surface area (Å²) >= 11 is 4.98. The number of aryl methyl sites for hydroxylation is 1. The average molecular weight is 251 g/mol. The lowest BCUT2D eigenvalue weighted by molar-refractivity contribution is 0.121. The van der Waals surface area contributed by atoms with Crippen molar-refractivity contribution >= 4 is 23.0 Å². The molecule has 0 aromatic carbocycles. The van der Waals surface area contributed by atoms with E-state index in [1.54, 1.807) is 0 Å². The van der Waals surface area contributed by atoms with Crippen LogP contribution in [0.3, 0.4) is 0 Å². The van der Waals surface area contributed by atoms with Crippen LogP contribution in [0.4, 0.5) is 5.82 Å². The summed E-state index contributed by atoms with van der Waals surface area (Å²) in [5.41, 5.74) is 7.39. The van der Waals surface area contributed by atoms with Crippen molar-refractivity contribution in [2.45, 2.75) is 32.4 Å². The largest absolute Gasteiger partial charge is 0.389 e. The van der Waals surface area contributed by atoms with Crippen molar-refractivity contribution in [3.8, 4) is 0 Å². The number of pyridine rings is 1. The molecule has 2 atom stereocenters. The summed E-state index contributed by atoms with van der Waals surface area (Å²) < 4.78 is 5.50. The molecule has 1 aliphatic rings. The number of aromatic nitrogens is 1. The van der Waals surface area contributed by atoms with Crippen molar-refractivity contribution in [1.82, 2.24) is 4.98 Å². The van der Waals surface area contributed by atoms with Gasteiger partial charge in [-0.1, -0.05) is 12.2 Å². The van der Waals surface area contributed by atoms with Crippen LogP contribution in [-0.4, -0.2) is 28.7 Å². The standard InChI is InChI=1S/C12H17N3OS/c1-7-5-9(12(13)17)6-11(14-7)15-10-3-4-16-8(10)2/h5-6,8,10H,3-4H2,1-2H3,(H2,13,17)(H,14,15). The van der Waals surface area contributed by atoms with Gasteiger partial charge in [-0.05, 0) is 32.4 Å². The maximum atomic E-state index is 5.64. The van der Waals surface area contributed by atoms with Crippen LogP contribution in [0, 0.1) is 6.92 Å². The molecule has 1 aliphatic heterocycles. The van der Waals surface area contributed by atoms with E-state index in [9.17, 15) is 0 Å². The van der Waals surface area contributed by atoms with Crippen LogP contribution in [0.25, 0.3) is 0 Å². The molecular formula is C12H17N3OS. The number of nitrogens with zero attached hydrogens (tertiary/aromatic N) is 1. The zero-order valence-electron chi connectivity index (χ0n) is 10.1. The maximum Gasteiger partial charge on any atom is 0.127 e. The molecule has 0 bridgehead atoms. The molecule has 17 heavy (non-hydrogen) atoms. The van der Waals surface area contributed by atoms with Gasteiger partial charge in [0.1, 0.15) is 10.8 Å². The molecule has 1 aromatic heterocycles. The van der Waals surface area contributed by atoms with Gasteiger partial charge in [0.25, 0.3) is 0 Å². The van der Waals surface area contributed by atoms with Gasteiger partial charge in [0, 0.05) is 17.9 Å². The summed E-state index contributed by atoms with van der Waals surface area (Å²) in [4.78, 5) is 4.83. The van der Waals surface area contributed by atoms with Crippen LogP contribution in [0.1, 0.15) is 24.6 Å². The lowest BCUT2D eigenvalue weighted by Gasteiger charge is -2.17. The van der Waals surface area contributed by atoms with E-state index in [0.29, 0.717) is 11.0 Å². The maximum absolute atomic E-state index is 5.64. The molecule has 0 radical (unpaired) electrons. The summed E-state index contributed by atoms with van der Waals surface area (Å²) in [6.45, 7) is 4.79. The summed E-state index contributed by atoms with van der Waals surface area (Å²) in [5, 5.41) is 3.38. The van der Waals surface area contributed by atoms with Crippen molar-refractivity contribution in [2.75, 3.05) is 11.9 Å². The molecule has 2 rings (SSSR count). The molecule has 1 aromatic rings. The first kappa shape index (κ1) is 12.3. The molecule has 0 amide bonds. The summed E-state index contributed by atoms with van der Waals surface area (Å²) in [7, 11) is 0. The van der Waals surface area contributed by atoms with E-state index in [1.165, 1.54) is 0 Å². The Balaban J connectivity index is 2.17. The normalized spacial score (nSPS) is 23.6. The summed E-state index contributed by atoms with van der Waals surface area (Å²) in [5.74, 6) is 0.815. The Kier molecular flexibility index (Phi) is 3.59. The topological polar surface area (TPSA) is 60.2 Å². The first-order valence-electron chi connectivity index (χ1n) is 5.73. The molecule has 92 valence electrons. The van der Waals surface area contributed by atoms with Crippen LogP contribution >= 0.6 is 12.2 Å². The Morgan fingerprint density at radius 3 is 2.94 bits per heavy atom. The second kappa shape index (κ2) is 4.98. The van der Waals surface area contributed by atoms with Crippen LogP contribution in [-0.2, 0) is 4.74 Å². The number of ether oxygens (including phenoxy) is 1. The molecule has 1 saturated heterocycles. The van der Waals surface area contributed by atoms with Crippen LogP contribution < -0.4 is 11.1 Å². The average Bonchev–Trinajstić information content (AvgIpc) is 2.63. The van der Waals surface area contributed by atoms with E-state index in [2.05, 4.69) is 17.2 Å². The van der Waals surface area contributed by atoms with Gasteiger partial charge in [0.05, 0.1) is 12.1 Å². The summed E-state index contributed by atoms with van der Waals surface area (Å²) in [6.07, 6.45) is 1.21. The number of nitrogens with two attached hydrogens (primary N) is 1. The molecule has 3 N–H and O–H groups in total. The fourth-order valence-electron chi connectivity index (χ4n) is 2.00. The monoisotopic (exact) mass is 251 g/mol. The molecular weight excluding hydrogens is 234 g/mol. The van der Waals surface area contributed by atoms with E-state index < -0.39 is 0 Å². The van der Waals surface area contributed by atoms with Crippen LogP contribution in [0.2, 0.25) is 0 Å². The third kappa shape index (κ3) is 2.92.